The number of halogens is 4. The molecule has 66 valence electrons. The summed E-state index contributed by atoms with van der Waals surface area (Å²) in [5, 5.41) is -0.199. The van der Waals surface area contributed by atoms with Gasteiger partial charge in [0, 0.05) is 17.3 Å². The van der Waals surface area contributed by atoms with Gasteiger partial charge in [-0.15, -0.1) is 0 Å². The molecule has 5 heteroatoms. The molecule has 0 aliphatic heterocycles. The van der Waals surface area contributed by atoms with Gasteiger partial charge in [0.1, 0.15) is 11.8 Å². The first-order valence-electron chi connectivity index (χ1n) is 3.14. The van der Waals surface area contributed by atoms with E-state index in [0.717, 1.165) is 12.3 Å². The van der Waals surface area contributed by atoms with E-state index in [4.69, 9.17) is 11.6 Å². The molecule has 0 aliphatic carbocycles. The number of alkyl halides is 3. The van der Waals surface area contributed by atoms with Crippen molar-refractivity contribution in [1.82, 2.24) is 4.98 Å². The first kappa shape index (κ1) is 9.32. The van der Waals surface area contributed by atoms with E-state index in [1.807, 2.05) is 0 Å². The molecule has 1 rings (SSSR count). The molecule has 0 aliphatic rings. The average Bonchev–Trinajstić information content (AvgIpc) is 2.03. The zero-order valence-electron chi connectivity index (χ0n) is 5.90. The molecule has 12 heavy (non-hydrogen) atoms. The van der Waals surface area contributed by atoms with E-state index in [9.17, 15) is 13.2 Å². The van der Waals surface area contributed by atoms with Gasteiger partial charge in [0.05, 0.1) is 0 Å². The van der Waals surface area contributed by atoms with E-state index in [1.165, 1.54) is 0 Å². The number of rotatable bonds is 2. The van der Waals surface area contributed by atoms with Gasteiger partial charge in [-0.05, 0) is 6.07 Å². The van der Waals surface area contributed by atoms with Gasteiger partial charge in [0.25, 0.3) is 6.43 Å². The van der Waals surface area contributed by atoms with Crippen LogP contribution in [0.2, 0.25) is 5.15 Å². The van der Waals surface area contributed by atoms with Crippen LogP contribution in [0.15, 0.2) is 12.3 Å². The Morgan fingerprint density at radius 1 is 1.50 bits per heavy atom. The summed E-state index contributed by atoms with van der Waals surface area (Å²) in [5.41, 5.74) is -0.619. The van der Waals surface area contributed by atoms with Crippen LogP contribution < -0.4 is 0 Å². The van der Waals surface area contributed by atoms with Gasteiger partial charge in [0.15, 0.2) is 0 Å². The molecule has 0 aromatic carbocycles. The Bertz CT molecular complexity index is 277. The predicted octanol–water partition coefficient (Wildman–Crippen LogP) is 3.14. The Kier molecular flexibility index (Phi) is 2.92. The van der Waals surface area contributed by atoms with E-state index in [0.29, 0.717) is 0 Å². The molecule has 0 spiro atoms. The Morgan fingerprint density at radius 3 is 2.58 bits per heavy atom. The number of aromatic nitrogens is 1. The lowest BCUT2D eigenvalue weighted by molar-refractivity contribution is 0.149. The maximum absolute atomic E-state index is 12.1. The highest BCUT2D eigenvalue weighted by Crippen LogP contribution is 2.27. The van der Waals surface area contributed by atoms with Crippen molar-refractivity contribution in [2.45, 2.75) is 13.1 Å². The molecule has 0 saturated carbocycles. The van der Waals surface area contributed by atoms with Crippen molar-refractivity contribution in [3.05, 3.63) is 28.5 Å². The van der Waals surface area contributed by atoms with Crippen molar-refractivity contribution in [3.8, 4) is 0 Å². The van der Waals surface area contributed by atoms with Crippen LogP contribution in [-0.4, -0.2) is 4.98 Å². The molecule has 0 amide bonds. The minimum Gasteiger partial charge on any atom is -0.246 e. The SMILES string of the molecule is FCc1c(C(F)F)ccnc1Cl. The van der Waals surface area contributed by atoms with Crippen LogP contribution >= 0.6 is 11.6 Å². The summed E-state index contributed by atoms with van der Waals surface area (Å²) < 4.78 is 36.4. The number of hydrogen-bond acceptors (Lipinski definition) is 1. The van der Waals surface area contributed by atoms with E-state index >= 15 is 0 Å². The van der Waals surface area contributed by atoms with Gasteiger partial charge in [-0.1, -0.05) is 11.6 Å². The largest absolute Gasteiger partial charge is 0.264 e. The zero-order valence-corrected chi connectivity index (χ0v) is 6.65. The summed E-state index contributed by atoms with van der Waals surface area (Å²) in [6.07, 6.45) is -1.58. The monoisotopic (exact) mass is 195 g/mol. The fourth-order valence-corrected chi connectivity index (χ4v) is 1.03. The third-order valence-corrected chi connectivity index (χ3v) is 1.73. The second kappa shape index (κ2) is 3.76. The number of hydrogen-bond donors (Lipinski definition) is 0. The van der Waals surface area contributed by atoms with Crippen LogP contribution in [0.25, 0.3) is 0 Å². The van der Waals surface area contributed by atoms with Crippen LogP contribution in [0.1, 0.15) is 17.6 Å². The van der Waals surface area contributed by atoms with Gasteiger partial charge in [0.2, 0.25) is 0 Å². The standard InChI is InChI=1S/C7H5ClF3N/c8-6-5(3-9)4(7(10)11)1-2-12-6/h1-2,7H,3H2. The second-order valence-electron chi connectivity index (χ2n) is 2.10. The topological polar surface area (TPSA) is 12.9 Å². The third-order valence-electron chi connectivity index (χ3n) is 1.41. The van der Waals surface area contributed by atoms with E-state index < -0.39 is 18.7 Å². The fraction of sp³-hybridized carbons (Fsp3) is 0.286. The second-order valence-corrected chi connectivity index (χ2v) is 2.46. The lowest BCUT2D eigenvalue weighted by atomic mass is 10.1. The van der Waals surface area contributed by atoms with Gasteiger partial charge in [-0.3, -0.25) is 0 Å². The van der Waals surface area contributed by atoms with Crippen LogP contribution in [0.3, 0.4) is 0 Å². The molecule has 0 N–H and O–H groups in total. The average molecular weight is 196 g/mol. The molecule has 0 bridgehead atoms. The van der Waals surface area contributed by atoms with E-state index in [2.05, 4.69) is 4.98 Å². The van der Waals surface area contributed by atoms with Gasteiger partial charge >= 0.3 is 0 Å². The molecule has 0 unspecified atom stereocenters. The first-order chi connectivity index (χ1) is 5.66. The minimum atomic E-state index is -2.71. The normalized spacial score (nSPS) is 10.8. The van der Waals surface area contributed by atoms with Gasteiger partial charge in [-0.2, -0.15) is 0 Å². The van der Waals surface area contributed by atoms with Crippen molar-refractivity contribution in [2.24, 2.45) is 0 Å². The lowest BCUT2D eigenvalue weighted by Crippen LogP contribution is -1.95. The first-order valence-corrected chi connectivity index (χ1v) is 3.52. The summed E-state index contributed by atoms with van der Waals surface area (Å²) >= 11 is 5.39. The maximum Gasteiger partial charge on any atom is 0.264 e. The van der Waals surface area contributed by atoms with Crippen molar-refractivity contribution >= 4 is 11.6 Å². The zero-order chi connectivity index (χ0) is 9.14. The van der Waals surface area contributed by atoms with Crippen molar-refractivity contribution in [1.29, 1.82) is 0 Å². The van der Waals surface area contributed by atoms with E-state index in [-0.39, 0.29) is 10.7 Å². The van der Waals surface area contributed by atoms with E-state index in [1.54, 1.807) is 0 Å². The Balaban J connectivity index is 3.18. The molecule has 0 radical (unpaired) electrons. The summed E-state index contributed by atoms with van der Waals surface area (Å²) in [5.74, 6) is 0. The van der Waals surface area contributed by atoms with Crippen molar-refractivity contribution in [3.63, 3.8) is 0 Å². The van der Waals surface area contributed by atoms with Gasteiger partial charge < -0.3 is 0 Å². The smallest absolute Gasteiger partial charge is 0.246 e. The molecule has 0 fully saturated rings. The Hall–Kier alpha value is -0.770. The van der Waals surface area contributed by atoms with Crippen LogP contribution in [0, 0.1) is 0 Å². The molecule has 0 saturated heterocycles. The highest BCUT2D eigenvalue weighted by atomic mass is 35.5. The number of nitrogens with zero attached hydrogens (tertiary/aromatic N) is 1. The quantitative estimate of drug-likeness (QED) is 0.661. The predicted molar refractivity (Wildman–Crippen MR) is 39.0 cm³/mol. The highest BCUT2D eigenvalue weighted by Gasteiger charge is 2.15. The van der Waals surface area contributed by atoms with Crippen molar-refractivity contribution in [2.75, 3.05) is 0 Å². The lowest BCUT2D eigenvalue weighted by Gasteiger charge is -2.05. The van der Waals surface area contributed by atoms with Gasteiger partial charge in [-0.25, -0.2) is 18.2 Å². The highest BCUT2D eigenvalue weighted by molar-refractivity contribution is 6.30. The Morgan fingerprint density at radius 2 is 2.17 bits per heavy atom. The van der Waals surface area contributed by atoms with Crippen LogP contribution in [0.4, 0.5) is 13.2 Å². The van der Waals surface area contributed by atoms with Crippen LogP contribution in [-0.2, 0) is 6.67 Å². The third kappa shape index (κ3) is 1.69. The van der Waals surface area contributed by atoms with Crippen molar-refractivity contribution < 1.29 is 13.2 Å². The fourth-order valence-electron chi connectivity index (χ4n) is 0.817. The molecular weight excluding hydrogens is 191 g/mol. The molecule has 1 heterocycles. The molecular formula is C7H5ClF3N. The molecule has 1 aromatic heterocycles. The van der Waals surface area contributed by atoms with Crippen LogP contribution in [0.5, 0.6) is 0 Å². The summed E-state index contributed by atoms with van der Waals surface area (Å²) in [6.45, 7) is -1.02. The summed E-state index contributed by atoms with van der Waals surface area (Å²) in [7, 11) is 0. The molecule has 1 nitrogen and oxygen atoms in total. The maximum atomic E-state index is 12.1. The molecule has 0 atom stereocenters. The minimum absolute atomic E-state index is 0.199. The number of pyridine rings is 1. The summed E-state index contributed by atoms with van der Waals surface area (Å²) in [4.78, 5) is 3.49. The Labute approximate surface area is 72.2 Å². The molecule has 1 aromatic rings. The summed E-state index contributed by atoms with van der Waals surface area (Å²) in [6, 6.07) is 1.06.